The van der Waals surface area contributed by atoms with Crippen LogP contribution in [0, 0.1) is 5.82 Å². The molecule has 4 heteroatoms. The molecule has 0 N–H and O–H groups in total. The van der Waals surface area contributed by atoms with Crippen LogP contribution in [0.3, 0.4) is 0 Å². The van der Waals surface area contributed by atoms with Crippen LogP contribution in [0.15, 0.2) is 133 Å². The van der Waals surface area contributed by atoms with E-state index in [9.17, 15) is 9.18 Å². The topological polar surface area (TPSA) is 26.3 Å². The van der Waals surface area contributed by atoms with E-state index < -0.39 is 13.2 Å². The molecular weight excluding hydrogens is 478 g/mol. The highest BCUT2D eigenvalue weighted by molar-refractivity contribution is 7.95. The van der Waals surface area contributed by atoms with E-state index in [2.05, 4.69) is 78.9 Å². The summed E-state index contributed by atoms with van der Waals surface area (Å²) in [6.07, 6.45) is 0.765. The molecule has 0 aliphatic heterocycles. The van der Waals surface area contributed by atoms with Gasteiger partial charge in [0.15, 0.2) is 0 Å². The molecule has 0 aliphatic carbocycles. The van der Waals surface area contributed by atoms with Crippen LogP contribution in [0.25, 0.3) is 11.1 Å². The van der Waals surface area contributed by atoms with E-state index in [1.807, 2.05) is 30.3 Å². The molecule has 0 radical (unpaired) electrons. The number of esters is 1. The van der Waals surface area contributed by atoms with E-state index in [0.29, 0.717) is 5.56 Å². The van der Waals surface area contributed by atoms with E-state index in [4.69, 9.17) is 4.74 Å². The molecule has 0 heterocycles. The average Bonchev–Trinajstić information content (AvgIpc) is 2.97. The quantitative estimate of drug-likeness (QED) is 0.180. The summed E-state index contributed by atoms with van der Waals surface area (Å²) in [4.78, 5) is 12.6. The number of hydrogen-bond acceptors (Lipinski definition) is 2. The summed E-state index contributed by atoms with van der Waals surface area (Å²) in [5, 5.41) is 3.85. The second kappa shape index (κ2) is 10.9. The van der Waals surface area contributed by atoms with Gasteiger partial charge in [0.25, 0.3) is 0 Å². The normalized spacial score (nSPS) is 11.2. The summed E-state index contributed by atoms with van der Waals surface area (Å²) in [7, 11) is -0.740. The number of halogens is 1. The fraction of sp³-hybridized carbons (Fsp3) is 0.0606. The number of ether oxygens (including phenoxy) is 1. The first-order chi connectivity index (χ1) is 18.1. The predicted octanol–water partition coefficient (Wildman–Crippen LogP) is 6.77. The summed E-state index contributed by atoms with van der Waals surface area (Å²) in [6, 6.07) is 44.2. The summed E-state index contributed by atoms with van der Waals surface area (Å²) in [5.41, 5.74) is 3.06. The van der Waals surface area contributed by atoms with Gasteiger partial charge in [0, 0.05) is 0 Å². The highest BCUT2D eigenvalue weighted by atomic mass is 31.2. The smallest absolute Gasteiger partial charge is 0.338 e. The van der Waals surface area contributed by atoms with Crippen molar-refractivity contribution >= 4 is 29.1 Å². The Morgan fingerprint density at radius 2 is 1.16 bits per heavy atom. The molecule has 5 rings (SSSR count). The van der Waals surface area contributed by atoms with Crippen molar-refractivity contribution < 1.29 is 13.9 Å². The number of benzene rings is 5. The van der Waals surface area contributed by atoms with E-state index in [-0.39, 0.29) is 5.82 Å². The molecule has 0 aliphatic rings. The first kappa shape index (κ1) is 24.6. The third-order valence-corrected chi connectivity index (χ3v) is 11.0. The predicted molar refractivity (Wildman–Crippen MR) is 152 cm³/mol. The van der Waals surface area contributed by atoms with E-state index >= 15 is 0 Å². The second-order valence-electron chi connectivity index (χ2n) is 8.85. The Labute approximate surface area is 217 Å². The van der Waals surface area contributed by atoms with Crippen molar-refractivity contribution in [1.29, 1.82) is 0 Å². The van der Waals surface area contributed by atoms with Crippen LogP contribution in [0.1, 0.15) is 15.9 Å². The zero-order valence-electron chi connectivity index (χ0n) is 20.6. The molecule has 0 bridgehead atoms. The van der Waals surface area contributed by atoms with E-state index in [1.165, 1.54) is 35.2 Å². The molecule has 2 nitrogen and oxygen atoms in total. The molecule has 0 fully saturated rings. The Hall–Kier alpha value is -4.07. The Balaban J connectivity index is 1.73. The fourth-order valence-electron chi connectivity index (χ4n) is 4.89. The lowest BCUT2D eigenvalue weighted by molar-refractivity contribution is 0.0601. The highest BCUT2D eigenvalue weighted by Crippen LogP contribution is 2.58. The number of carbonyl (C=O) groups excluding carboxylic acids is 1. The van der Waals surface area contributed by atoms with Gasteiger partial charge in [-0.15, -0.1) is 0 Å². The lowest BCUT2D eigenvalue weighted by atomic mass is 9.97. The zero-order valence-corrected chi connectivity index (χ0v) is 21.4. The molecule has 0 atom stereocenters. The lowest BCUT2D eigenvalue weighted by Gasteiger charge is -2.28. The third kappa shape index (κ3) is 4.96. The zero-order chi connectivity index (χ0) is 25.7. The van der Waals surface area contributed by atoms with Crippen molar-refractivity contribution in [2.75, 3.05) is 7.11 Å². The van der Waals surface area contributed by atoms with Crippen LogP contribution >= 0.6 is 7.26 Å². The van der Waals surface area contributed by atoms with Crippen LogP contribution in [0.5, 0.6) is 0 Å². The Morgan fingerprint density at radius 3 is 1.62 bits per heavy atom. The molecule has 0 unspecified atom stereocenters. The molecule has 0 aromatic heterocycles. The van der Waals surface area contributed by atoms with E-state index in [1.54, 1.807) is 12.1 Å². The SMILES string of the molecule is COC(=O)c1ccc(C[P+](c2ccccc2)(c2ccccc2)c2ccccc2)cc1-c1ccc(F)cc1. The van der Waals surface area contributed by atoms with Crippen molar-refractivity contribution in [1.82, 2.24) is 0 Å². The highest BCUT2D eigenvalue weighted by Gasteiger charge is 2.45. The number of methoxy groups -OCH3 is 1. The van der Waals surface area contributed by atoms with Crippen molar-refractivity contribution in [3.63, 3.8) is 0 Å². The van der Waals surface area contributed by atoms with Gasteiger partial charge in [-0.2, -0.15) is 0 Å². The molecule has 0 amide bonds. The van der Waals surface area contributed by atoms with Crippen molar-refractivity contribution in [3.8, 4) is 11.1 Å². The Kier molecular flexibility index (Phi) is 7.25. The van der Waals surface area contributed by atoms with Crippen LogP contribution in [0.2, 0.25) is 0 Å². The van der Waals surface area contributed by atoms with Crippen LogP contribution in [-0.2, 0) is 10.9 Å². The molecular formula is C33H27FO2P+. The maximum Gasteiger partial charge on any atom is 0.338 e. The number of hydrogen-bond donors (Lipinski definition) is 0. The van der Waals surface area contributed by atoms with Gasteiger partial charge in [0.2, 0.25) is 0 Å². The first-order valence-corrected chi connectivity index (χ1v) is 14.1. The number of carbonyl (C=O) groups is 1. The van der Waals surface area contributed by atoms with Gasteiger partial charge in [-0.05, 0) is 77.4 Å². The van der Waals surface area contributed by atoms with Gasteiger partial charge >= 0.3 is 5.97 Å². The van der Waals surface area contributed by atoms with Gasteiger partial charge in [-0.3, -0.25) is 0 Å². The maximum atomic E-state index is 13.7. The monoisotopic (exact) mass is 505 g/mol. The Morgan fingerprint density at radius 1 is 0.676 bits per heavy atom. The van der Waals surface area contributed by atoms with Gasteiger partial charge < -0.3 is 4.74 Å². The molecule has 0 spiro atoms. The molecule has 182 valence electrons. The summed E-state index contributed by atoms with van der Waals surface area (Å²) in [5.74, 6) is -0.734. The van der Waals surface area contributed by atoms with Gasteiger partial charge in [-0.25, -0.2) is 9.18 Å². The lowest BCUT2D eigenvalue weighted by Crippen LogP contribution is -2.32. The van der Waals surface area contributed by atoms with E-state index in [0.717, 1.165) is 22.9 Å². The standard InChI is InChI=1S/C33H27FO2P/c1-36-33(35)31-22-17-25(23-32(31)26-18-20-27(34)21-19-26)24-37(28-11-5-2-6-12-28,29-13-7-3-8-14-29)30-15-9-4-10-16-30/h2-23H,24H2,1H3/q+1. The number of rotatable bonds is 7. The largest absolute Gasteiger partial charge is 0.465 e. The van der Waals surface area contributed by atoms with Crippen molar-refractivity contribution in [2.45, 2.75) is 6.16 Å². The Bertz CT molecular complexity index is 1390. The molecule has 37 heavy (non-hydrogen) atoms. The minimum Gasteiger partial charge on any atom is -0.465 e. The van der Waals surface area contributed by atoms with Gasteiger partial charge in [0.05, 0.1) is 18.8 Å². The summed E-state index contributed by atoms with van der Waals surface area (Å²) >= 11 is 0. The van der Waals surface area contributed by atoms with Crippen LogP contribution in [0.4, 0.5) is 4.39 Å². The van der Waals surface area contributed by atoms with Crippen LogP contribution in [-0.4, -0.2) is 13.1 Å². The molecule has 5 aromatic carbocycles. The molecule has 0 saturated carbocycles. The fourth-order valence-corrected chi connectivity index (χ4v) is 9.12. The van der Waals surface area contributed by atoms with Gasteiger partial charge in [0.1, 0.15) is 29.0 Å². The molecule has 0 saturated heterocycles. The minimum atomic E-state index is -2.12. The molecule has 5 aromatic rings. The minimum absolute atomic E-state index is 0.318. The third-order valence-electron chi connectivity index (χ3n) is 6.66. The van der Waals surface area contributed by atoms with Crippen molar-refractivity contribution in [2.24, 2.45) is 0 Å². The maximum absolute atomic E-state index is 13.7. The first-order valence-electron chi connectivity index (χ1n) is 12.1. The summed E-state index contributed by atoms with van der Waals surface area (Å²) in [6.45, 7) is 0. The second-order valence-corrected chi connectivity index (χ2v) is 12.3. The van der Waals surface area contributed by atoms with Gasteiger partial charge in [-0.1, -0.05) is 72.8 Å². The van der Waals surface area contributed by atoms with Crippen LogP contribution < -0.4 is 15.9 Å². The van der Waals surface area contributed by atoms with Crippen molar-refractivity contribution in [3.05, 3.63) is 150 Å². The average molecular weight is 506 g/mol. The summed E-state index contributed by atoms with van der Waals surface area (Å²) < 4.78 is 18.8.